The quantitative estimate of drug-likeness (QED) is 0.389. The van der Waals surface area contributed by atoms with Gasteiger partial charge >= 0.3 is 0 Å². The number of isocyanates is 1. The van der Waals surface area contributed by atoms with Crippen molar-refractivity contribution in [2.45, 2.75) is 25.7 Å². The van der Waals surface area contributed by atoms with E-state index in [0.29, 0.717) is 18.4 Å². The van der Waals surface area contributed by atoms with Gasteiger partial charge in [0.05, 0.1) is 6.54 Å². The van der Waals surface area contributed by atoms with Crippen LogP contribution in [-0.4, -0.2) is 37.5 Å². The molecule has 1 saturated carbocycles. The molecule has 0 aliphatic heterocycles. The summed E-state index contributed by atoms with van der Waals surface area (Å²) in [5.74, 6) is 0.939. The number of carbonyl (C=O) groups excluding carboxylic acids is 2. The van der Waals surface area contributed by atoms with Crippen LogP contribution in [0.2, 0.25) is 0 Å². The van der Waals surface area contributed by atoms with Crippen molar-refractivity contribution >= 4 is 12.5 Å². The molecule has 0 saturated heterocycles. The predicted molar refractivity (Wildman–Crippen MR) is 57.1 cm³/mol. The maximum Gasteiger partial charge on any atom is 0.234 e. The average molecular weight is 210 g/mol. The number of hydrogen-bond donors (Lipinski definition) is 0. The molecule has 0 radical (unpaired) electrons. The van der Waals surface area contributed by atoms with E-state index in [1.54, 1.807) is 18.0 Å². The van der Waals surface area contributed by atoms with Gasteiger partial charge in [-0.05, 0) is 24.7 Å². The monoisotopic (exact) mass is 210 g/mol. The summed E-state index contributed by atoms with van der Waals surface area (Å²) in [6.07, 6.45) is 7.13. The van der Waals surface area contributed by atoms with Crippen LogP contribution in [0.3, 0.4) is 0 Å². The Morgan fingerprint density at radius 1 is 1.40 bits per heavy atom. The minimum Gasteiger partial charge on any atom is -0.348 e. The largest absolute Gasteiger partial charge is 0.348 e. The summed E-state index contributed by atoms with van der Waals surface area (Å²) >= 11 is 0. The summed E-state index contributed by atoms with van der Waals surface area (Å²) in [7, 11) is 1.79. The van der Waals surface area contributed by atoms with Crippen molar-refractivity contribution in [3.63, 3.8) is 0 Å². The smallest absolute Gasteiger partial charge is 0.234 e. The first-order chi connectivity index (χ1) is 7.27. The predicted octanol–water partition coefficient (Wildman–Crippen LogP) is 1.22. The number of aliphatic imine (C=N–C) groups is 1. The van der Waals surface area contributed by atoms with Gasteiger partial charge in [-0.2, -0.15) is 0 Å². The van der Waals surface area contributed by atoms with E-state index in [1.807, 2.05) is 0 Å². The Bertz CT molecular complexity index is 249. The fourth-order valence-corrected chi connectivity index (χ4v) is 2.33. The van der Waals surface area contributed by atoms with Gasteiger partial charge in [-0.15, -0.1) is 0 Å². The van der Waals surface area contributed by atoms with E-state index in [0.717, 1.165) is 25.8 Å². The lowest BCUT2D eigenvalue weighted by Gasteiger charge is -2.32. The third kappa shape index (κ3) is 3.84. The molecule has 0 aromatic rings. The second-order valence-corrected chi connectivity index (χ2v) is 4.28. The Morgan fingerprint density at radius 2 is 2.07 bits per heavy atom. The second-order valence-electron chi connectivity index (χ2n) is 4.28. The normalized spacial score (nSPS) is 25.4. The molecule has 2 unspecified atom stereocenters. The van der Waals surface area contributed by atoms with Crippen molar-refractivity contribution in [3.05, 3.63) is 0 Å². The Hall–Kier alpha value is -1.15. The molecule has 0 spiro atoms. The lowest BCUT2D eigenvalue weighted by atomic mass is 9.79. The van der Waals surface area contributed by atoms with Crippen LogP contribution in [-0.2, 0) is 9.59 Å². The van der Waals surface area contributed by atoms with Gasteiger partial charge < -0.3 is 4.90 Å². The summed E-state index contributed by atoms with van der Waals surface area (Å²) in [5, 5.41) is 0. The standard InChI is InChI=1S/C11H18N2O2/c1-13(9-15)7-11-5-3-2-4-10(11)6-12-8-14/h9-11H,2-7H2,1H3. The molecule has 0 N–H and O–H groups in total. The molecule has 1 rings (SSSR count). The fraction of sp³-hybridized carbons (Fsp3) is 0.818. The molecule has 0 bridgehead atoms. The van der Waals surface area contributed by atoms with E-state index in [1.165, 1.54) is 12.8 Å². The highest BCUT2D eigenvalue weighted by atomic mass is 16.1. The highest BCUT2D eigenvalue weighted by Gasteiger charge is 2.25. The van der Waals surface area contributed by atoms with Crippen LogP contribution in [0.15, 0.2) is 4.99 Å². The first-order valence-electron chi connectivity index (χ1n) is 5.47. The molecule has 0 aromatic heterocycles. The lowest BCUT2D eigenvalue weighted by Crippen LogP contribution is -2.32. The molecule has 1 aliphatic carbocycles. The van der Waals surface area contributed by atoms with Gasteiger partial charge in [0.1, 0.15) is 0 Å². The molecule has 1 amide bonds. The molecule has 4 heteroatoms. The van der Waals surface area contributed by atoms with E-state index in [9.17, 15) is 9.59 Å². The van der Waals surface area contributed by atoms with Crippen LogP contribution in [0.25, 0.3) is 0 Å². The molecule has 4 nitrogen and oxygen atoms in total. The maximum absolute atomic E-state index is 10.5. The fourth-order valence-electron chi connectivity index (χ4n) is 2.33. The van der Waals surface area contributed by atoms with Crippen molar-refractivity contribution in [2.24, 2.45) is 16.8 Å². The van der Waals surface area contributed by atoms with Crippen molar-refractivity contribution < 1.29 is 9.59 Å². The molecule has 15 heavy (non-hydrogen) atoms. The first-order valence-corrected chi connectivity index (χ1v) is 5.47. The number of nitrogens with zero attached hydrogens (tertiary/aromatic N) is 2. The van der Waals surface area contributed by atoms with Gasteiger partial charge in [0, 0.05) is 13.6 Å². The van der Waals surface area contributed by atoms with Crippen LogP contribution < -0.4 is 0 Å². The SMILES string of the molecule is CN(C=O)CC1CCCCC1CN=C=O. The maximum atomic E-state index is 10.5. The number of hydrogen-bond acceptors (Lipinski definition) is 3. The topological polar surface area (TPSA) is 49.7 Å². The number of rotatable bonds is 5. The number of carbonyl (C=O) groups is 1. The molecule has 1 aliphatic rings. The Kier molecular flexibility index (Phi) is 5.05. The highest BCUT2D eigenvalue weighted by Crippen LogP contribution is 2.30. The third-order valence-corrected chi connectivity index (χ3v) is 3.16. The van der Waals surface area contributed by atoms with Gasteiger partial charge in [-0.1, -0.05) is 12.8 Å². The molecular weight excluding hydrogens is 192 g/mol. The zero-order valence-electron chi connectivity index (χ0n) is 9.19. The van der Waals surface area contributed by atoms with Crippen LogP contribution >= 0.6 is 0 Å². The zero-order valence-corrected chi connectivity index (χ0v) is 9.19. The summed E-state index contributed by atoms with van der Waals surface area (Å²) in [6, 6.07) is 0. The molecule has 1 fully saturated rings. The van der Waals surface area contributed by atoms with Crippen LogP contribution in [0.1, 0.15) is 25.7 Å². The van der Waals surface area contributed by atoms with Crippen LogP contribution in [0.5, 0.6) is 0 Å². The Labute approximate surface area is 90.4 Å². The number of amides is 1. The molecule has 0 aromatic carbocycles. The van der Waals surface area contributed by atoms with Gasteiger partial charge in [0.15, 0.2) is 0 Å². The molecular formula is C11H18N2O2. The summed E-state index contributed by atoms with van der Waals surface area (Å²) in [5.41, 5.74) is 0. The second kappa shape index (κ2) is 6.36. The Morgan fingerprint density at radius 3 is 2.67 bits per heavy atom. The van der Waals surface area contributed by atoms with E-state index in [-0.39, 0.29) is 0 Å². The van der Waals surface area contributed by atoms with E-state index in [2.05, 4.69) is 4.99 Å². The minimum atomic E-state index is 0.447. The van der Waals surface area contributed by atoms with Gasteiger partial charge in [-0.25, -0.2) is 9.79 Å². The van der Waals surface area contributed by atoms with Crippen molar-refractivity contribution in [1.82, 2.24) is 4.90 Å². The van der Waals surface area contributed by atoms with Crippen LogP contribution in [0.4, 0.5) is 0 Å². The van der Waals surface area contributed by atoms with E-state index < -0.39 is 0 Å². The summed E-state index contributed by atoms with van der Waals surface area (Å²) in [4.78, 5) is 26.0. The molecule has 0 heterocycles. The van der Waals surface area contributed by atoms with Gasteiger partial charge in [0.25, 0.3) is 0 Å². The Balaban J connectivity index is 2.48. The first kappa shape index (κ1) is 11.9. The summed E-state index contributed by atoms with van der Waals surface area (Å²) in [6.45, 7) is 1.35. The average Bonchev–Trinajstić information content (AvgIpc) is 2.28. The van der Waals surface area contributed by atoms with Crippen LogP contribution in [0, 0.1) is 11.8 Å². The van der Waals surface area contributed by atoms with E-state index >= 15 is 0 Å². The minimum absolute atomic E-state index is 0.447. The van der Waals surface area contributed by atoms with Gasteiger partial charge in [0.2, 0.25) is 12.5 Å². The van der Waals surface area contributed by atoms with Crippen molar-refractivity contribution in [1.29, 1.82) is 0 Å². The molecule has 2 atom stereocenters. The van der Waals surface area contributed by atoms with E-state index in [4.69, 9.17) is 0 Å². The summed E-state index contributed by atoms with van der Waals surface area (Å²) < 4.78 is 0. The van der Waals surface area contributed by atoms with Gasteiger partial charge in [-0.3, -0.25) is 4.79 Å². The van der Waals surface area contributed by atoms with Crippen molar-refractivity contribution in [3.8, 4) is 0 Å². The zero-order chi connectivity index (χ0) is 11.1. The third-order valence-electron chi connectivity index (χ3n) is 3.16. The van der Waals surface area contributed by atoms with Crippen molar-refractivity contribution in [2.75, 3.05) is 20.1 Å². The highest BCUT2D eigenvalue weighted by molar-refractivity contribution is 5.46. The lowest BCUT2D eigenvalue weighted by molar-refractivity contribution is -0.117. The molecule has 84 valence electrons.